The molecule has 0 saturated heterocycles. The predicted octanol–water partition coefficient (Wildman–Crippen LogP) is 1.60. The fourth-order valence-electron chi connectivity index (χ4n) is 3.54. The SMILES string of the molecule is C#CN(C(=O)C(CC(N)=O)NC(=O)OC(C)(C)C)C(C(=O)NCCC(=O)OCC)c1c(C)cccc1C. The molecule has 0 heterocycles. The lowest BCUT2D eigenvalue weighted by Gasteiger charge is -2.31. The molecule has 2 unspecified atom stereocenters. The van der Waals surface area contributed by atoms with Crippen molar-refractivity contribution in [3.63, 3.8) is 0 Å². The highest BCUT2D eigenvalue weighted by molar-refractivity contribution is 5.95. The molecule has 1 aromatic rings. The lowest BCUT2D eigenvalue weighted by atomic mass is 9.93. The van der Waals surface area contributed by atoms with E-state index in [1.54, 1.807) is 59.7 Å². The second-order valence-corrected chi connectivity index (χ2v) is 9.26. The molecule has 4 N–H and O–H groups in total. The van der Waals surface area contributed by atoms with Crippen molar-refractivity contribution < 1.29 is 33.4 Å². The molecule has 11 nitrogen and oxygen atoms in total. The van der Waals surface area contributed by atoms with E-state index in [9.17, 15) is 24.0 Å². The number of esters is 1. The lowest BCUT2D eigenvalue weighted by molar-refractivity contribution is -0.143. The van der Waals surface area contributed by atoms with Crippen LogP contribution in [-0.2, 0) is 28.7 Å². The van der Waals surface area contributed by atoms with E-state index in [2.05, 4.69) is 16.7 Å². The molecule has 0 saturated carbocycles. The van der Waals surface area contributed by atoms with Gasteiger partial charge in [0.25, 0.3) is 5.91 Å². The molecule has 11 heteroatoms. The first-order valence-corrected chi connectivity index (χ1v) is 11.8. The summed E-state index contributed by atoms with van der Waals surface area (Å²) in [6.07, 6.45) is 4.07. The van der Waals surface area contributed by atoms with Crippen molar-refractivity contribution in [3.8, 4) is 12.5 Å². The van der Waals surface area contributed by atoms with E-state index in [0.29, 0.717) is 16.7 Å². The monoisotopic (exact) mass is 516 g/mol. The Hall–Kier alpha value is -4.07. The van der Waals surface area contributed by atoms with E-state index in [4.69, 9.17) is 21.6 Å². The molecular formula is C26H36N4O7. The first-order valence-electron chi connectivity index (χ1n) is 11.8. The average molecular weight is 517 g/mol. The largest absolute Gasteiger partial charge is 0.466 e. The second-order valence-electron chi connectivity index (χ2n) is 9.26. The molecule has 1 rings (SSSR count). The summed E-state index contributed by atoms with van der Waals surface area (Å²) in [7, 11) is 0. The number of amides is 4. The Morgan fingerprint density at radius 2 is 1.73 bits per heavy atom. The third kappa shape index (κ3) is 9.83. The van der Waals surface area contributed by atoms with Gasteiger partial charge in [-0.25, -0.2) is 4.79 Å². The van der Waals surface area contributed by atoms with Crippen molar-refractivity contribution in [1.29, 1.82) is 0 Å². The van der Waals surface area contributed by atoms with Crippen molar-refractivity contribution in [2.45, 2.75) is 72.1 Å². The van der Waals surface area contributed by atoms with Crippen LogP contribution < -0.4 is 16.4 Å². The van der Waals surface area contributed by atoms with Gasteiger partial charge in [0.15, 0.2) is 0 Å². The van der Waals surface area contributed by atoms with Crippen molar-refractivity contribution in [2.24, 2.45) is 5.73 Å². The topological polar surface area (TPSA) is 157 Å². The van der Waals surface area contributed by atoms with Gasteiger partial charge in [-0.1, -0.05) is 24.6 Å². The summed E-state index contributed by atoms with van der Waals surface area (Å²) >= 11 is 0. The van der Waals surface area contributed by atoms with Gasteiger partial charge in [-0.05, 0) is 58.2 Å². The van der Waals surface area contributed by atoms with Crippen LogP contribution in [0.1, 0.15) is 63.3 Å². The van der Waals surface area contributed by atoms with Crippen LogP contribution in [0, 0.1) is 26.3 Å². The fourth-order valence-corrected chi connectivity index (χ4v) is 3.54. The third-order valence-electron chi connectivity index (χ3n) is 5.03. The maximum atomic E-state index is 13.6. The van der Waals surface area contributed by atoms with Crippen molar-refractivity contribution >= 4 is 29.8 Å². The van der Waals surface area contributed by atoms with Gasteiger partial charge in [-0.2, -0.15) is 0 Å². The number of rotatable bonds is 11. The van der Waals surface area contributed by atoms with Crippen LogP contribution in [0.3, 0.4) is 0 Å². The number of ether oxygens (including phenoxy) is 2. The third-order valence-corrected chi connectivity index (χ3v) is 5.03. The van der Waals surface area contributed by atoms with Crippen molar-refractivity contribution in [3.05, 3.63) is 34.9 Å². The van der Waals surface area contributed by atoms with Crippen LogP contribution in [0.2, 0.25) is 0 Å². The highest BCUT2D eigenvalue weighted by Crippen LogP contribution is 2.28. The highest BCUT2D eigenvalue weighted by Gasteiger charge is 2.37. The molecule has 0 radical (unpaired) electrons. The lowest BCUT2D eigenvalue weighted by Crippen LogP contribution is -2.52. The Kier molecular flexibility index (Phi) is 11.6. The van der Waals surface area contributed by atoms with E-state index in [0.717, 1.165) is 4.90 Å². The van der Waals surface area contributed by atoms with Gasteiger partial charge in [-0.15, -0.1) is 0 Å². The van der Waals surface area contributed by atoms with E-state index >= 15 is 0 Å². The molecule has 0 aromatic heterocycles. The number of nitrogens with one attached hydrogen (secondary N) is 2. The number of aryl methyl sites for hydroxylation is 2. The quantitative estimate of drug-likeness (QED) is 0.229. The minimum absolute atomic E-state index is 0.0629. The molecule has 37 heavy (non-hydrogen) atoms. The molecule has 0 aliphatic carbocycles. The fraction of sp³-hybridized carbons (Fsp3) is 0.500. The van der Waals surface area contributed by atoms with Crippen molar-refractivity contribution in [2.75, 3.05) is 13.2 Å². The van der Waals surface area contributed by atoms with Gasteiger partial charge < -0.3 is 25.8 Å². The maximum absolute atomic E-state index is 13.6. The number of nitrogens with two attached hydrogens (primary N) is 1. The Bertz CT molecular complexity index is 1040. The zero-order valence-electron chi connectivity index (χ0n) is 22.2. The number of primary amides is 1. The standard InChI is InChI=1S/C26H36N4O7/c1-8-30(24(34)18(15-19(27)31)29-25(35)37-26(5,6)7)22(21-16(3)11-10-12-17(21)4)23(33)28-14-13-20(32)36-9-2/h1,10-12,18,22H,9,13-15H2,2-7H3,(H2,27,31)(H,28,33)(H,29,35). The van der Waals surface area contributed by atoms with Crippen LogP contribution in [0.15, 0.2) is 18.2 Å². The number of benzene rings is 1. The van der Waals surface area contributed by atoms with Gasteiger partial charge in [-0.3, -0.25) is 24.1 Å². The van der Waals surface area contributed by atoms with Crippen LogP contribution in [0.5, 0.6) is 0 Å². The minimum Gasteiger partial charge on any atom is -0.466 e. The number of carbonyl (C=O) groups excluding carboxylic acids is 5. The van der Waals surface area contributed by atoms with E-state index in [1.807, 2.05) is 0 Å². The van der Waals surface area contributed by atoms with Gasteiger partial charge in [0, 0.05) is 12.6 Å². The molecule has 0 spiro atoms. The summed E-state index contributed by atoms with van der Waals surface area (Å²) in [6, 6.07) is 4.67. The number of hydrogen-bond donors (Lipinski definition) is 3. The van der Waals surface area contributed by atoms with Crippen molar-refractivity contribution in [1.82, 2.24) is 15.5 Å². The summed E-state index contributed by atoms with van der Waals surface area (Å²) in [6.45, 7) is 10.2. The smallest absolute Gasteiger partial charge is 0.408 e. The molecule has 2 atom stereocenters. The van der Waals surface area contributed by atoms with Crippen LogP contribution in [0.25, 0.3) is 0 Å². The van der Waals surface area contributed by atoms with Crippen LogP contribution in [-0.4, -0.2) is 59.5 Å². The maximum Gasteiger partial charge on any atom is 0.408 e. The van der Waals surface area contributed by atoms with E-state index in [1.165, 1.54) is 0 Å². The van der Waals surface area contributed by atoms with Gasteiger partial charge in [0.05, 0.1) is 19.4 Å². The summed E-state index contributed by atoms with van der Waals surface area (Å²) in [5.41, 5.74) is 6.23. The first-order chi connectivity index (χ1) is 17.2. The Morgan fingerprint density at radius 3 is 2.22 bits per heavy atom. The number of hydrogen-bond acceptors (Lipinski definition) is 7. The van der Waals surface area contributed by atoms with E-state index in [-0.39, 0.29) is 19.6 Å². The molecule has 0 fully saturated rings. The molecule has 0 aliphatic heterocycles. The molecule has 4 amide bonds. The van der Waals surface area contributed by atoms with Crippen LogP contribution in [0.4, 0.5) is 4.79 Å². The number of carbonyl (C=O) groups is 5. The predicted molar refractivity (Wildman–Crippen MR) is 136 cm³/mol. The summed E-state index contributed by atoms with van der Waals surface area (Å²) in [4.78, 5) is 63.6. The van der Waals surface area contributed by atoms with Gasteiger partial charge in [0.1, 0.15) is 17.7 Å². The molecule has 0 bridgehead atoms. The van der Waals surface area contributed by atoms with Gasteiger partial charge in [0.2, 0.25) is 11.8 Å². The Balaban J connectivity index is 3.40. The number of terminal acetylenes is 1. The normalized spacial score (nSPS) is 12.4. The zero-order chi connectivity index (χ0) is 28.3. The number of alkyl carbamates (subject to hydrolysis) is 1. The molecule has 202 valence electrons. The zero-order valence-corrected chi connectivity index (χ0v) is 22.2. The minimum atomic E-state index is -1.50. The van der Waals surface area contributed by atoms with Gasteiger partial charge >= 0.3 is 12.1 Å². The molecular weight excluding hydrogens is 480 g/mol. The summed E-state index contributed by atoms with van der Waals surface area (Å²) in [5, 5.41) is 4.94. The van der Waals surface area contributed by atoms with Crippen LogP contribution >= 0.6 is 0 Å². The Labute approximate surface area is 217 Å². The average Bonchev–Trinajstić information content (AvgIpc) is 2.76. The van der Waals surface area contributed by atoms with E-state index < -0.39 is 53.9 Å². The second kappa shape index (κ2) is 13.9. The highest BCUT2D eigenvalue weighted by atomic mass is 16.6. The molecule has 0 aliphatic rings. The Morgan fingerprint density at radius 1 is 1.14 bits per heavy atom. The summed E-state index contributed by atoms with van der Waals surface area (Å²) < 4.78 is 10.1. The first kappa shape index (κ1) is 31.0. The summed E-state index contributed by atoms with van der Waals surface area (Å²) in [5.74, 6) is -2.96. The number of nitrogens with zero attached hydrogens (tertiary/aromatic N) is 1. The molecule has 1 aromatic carbocycles.